The topological polar surface area (TPSA) is 75.7 Å². The van der Waals surface area contributed by atoms with Gasteiger partial charge in [-0.1, -0.05) is 6.07 Å². The lowest BCUT2D eigenvalue weighted by Crippen LogP contribution is -2.37. The first-order valence-electron chi connectivity index (χ1n) is 8.89. The van der Waals surface area contributed by atoms with Gasteiger partial charge in [-0.25, -0.2) is 17.2 Å². The third-order valence-electron chi connectivity index (χ3n) is 4.89. The van der Waals surface area contributed by atoms with Gasteiger partial charge in [0.25, 0.3) is 15.9 Å². The summed E-state index contributed by atoms with van der Waals surface area (Å²) >= 11 is 0. The molecule has 0 radical (unpaired) electrons. The number of fused-ring (bicyclic) bond motifs is 1. The van der Waals surface area contributed by atoms with Gasteiger partial charge in [0, 0.05) is 18.8 Å². The van der Waals surface area contributed by atoms with Crippen molar-refractivity contribution in [2.45, 2.75) is 30.3 Å². The van der Waals surface area contributed by atoms with E-state index < -0.39 is 32.7 Å². The first-order chi connectivity index (χ1) is 13.3. The third-order valence-corrected chi connectivity index (χ3v) is 6.28. The van der Waals surface area contributed by atoms with Crippen molar-refractivity contribution in [3.8, 4) is 0 Å². The Balaban J connectivity index is 1.61. The van der Waals surface area contributed by atoms with Crippen LogP contribution < -0.4 is 9.62 Å². The fourth-order valence-corrected chi connectivity index (χ4v) is 4.65. The van der Waals surface area contributed by atoms with Crippen LogP contribution in [-0.2, 0) is 26.0 Å². The highest BCUT2D eigenvalue weighted by Gasteiger charge is 2.33. The molecule has 1 amide bonds. The minimum absolute atomic E-state index is 0.146. The van der Waals surface area contributed by atoms with Crippen LogP contribution in [0.2, 0.25) is 0 Å². The number of ether oxygens (including phenoxy) is 1. The normalized spacial score (nSPS) is 18.9. The number of hydrogen-bond donors (Lipinski definition) is 1. The van der Waals surface area contributed by atoms with E-state index in [9.17, 15) is 22.0 Å². The van der Waals surface area contributed by atoms with Crippen LogP contribution >= 0.6 is 0 Å². The van der Waals surface area contributed by atoms with Gasteiger partial charge in [-0.3, -0.25) is 9.52 Å². The Kier molecular flexibility index (Phi) is 4.80. The lowest BCUT2D eigenvalue weighted by Gasteiger charge is -2.21. The van der Waals surface area contributed by atoms with E-state index in [0.29, 0.717) is 37.7 Å². The third kappa shape index (κ3) is 3.47. The van der Waals surface area contributed by atoms with Crippen LogP contribution in [-0.4, -0.2) is 33.6 Å². The molecule has 0 unspecified atom stereocenters. The molecule has 1 fully saturated rings. The van der Waals surface area contributed by atoms with Crippen LogP contribution in [0.3, 0.4) is 0 Å². The number of amides is 1. The van der Waals surface area contributed by atoms with Crippen LogP contribution in [0.15, 0.2) is 41.3 Å². The summed E-state index contributed by atoms with van der Waals surface area (Å²) in [6.07, 6.45) is 1.67. The average molecular weight is 408 g/mol. The molecule has 1 saturated heterocycles. The zero-order valence-corrected chi connectivity index (χ0v) is 15.6. The lowest BCUT2D eigenvalue weighted by atomic mass is 10.1. The predicted molar refractivity (Wildman–Crippen MR) is 98.6 cm³/mol. The number of sulfonamides is 1. The van der Waals surface area contributed by atoms with Gasteiger partial charge in [-0.2, -0.15) is 0 Å². The molecule has 28 heavy (non-hydrogen) atoms. The zero-order chi connectivity index (χ0) is 19.9. The monoisotopic (exact) mass is 408 g/mol. The standard InChI is InChI=1S/C19H18F2N2O4S/c20-13-4-6-15(21)18(10-13)28(25,26)22-14-5-3-12-7-8-23(16(12)11-14)19(24)17-2-1-9-27-17/h3-6,10-11,17,22H,1-2,7-9H2/t17-/m0/s1. The summed E-state index contributed by atoms with van der Waals surface area (Å²) in [6.45, 7) is 1.04. The van der Waals surface area contributed by atoms with Gasteiger partial charge in [0.2, 0.25) is 0 Å². The fourth-order valence-electron chi connectivity index (χ4n) is 3.51. The Morgan fingerprint density at radius 3 is 2.75 bits per heavy atom. The molecular formula is C19H18F2N2O4S. The molecule has 2 aromatic carbocycles. The largest absolute Gasteiger partial charge is 0.368 e. The highest BCUT2D eigenvalue weighted by atomic mass is 32.2. The quantitative estimate of drug-likeness (QED) is 0.844. The molecule has 0 bridgehead atoms. The second-order valence-corrected chi connectivity index (χ2v) is 8.42. The number of rotatable bonds is 4. The van der Waals surface area contributed by atoms with Crippen LogP contribution in [0.25, 0.3) is 0 Å². The van der Waals surface area contributed by atoms with E-state index in [-0.39, 0.29) is 11.6 Å². The molecule has 9 heteroatoms. The maximum absolute atomic E-state index is 13.9. The number of halogens is 2. The number of nitrogens with zero attached hydrogens (tertiary/aromatic N) is 1. The van der Waals surface area contributed by atoms with Gasteiger partial charge in [0.05, 0.1) is 5.69 Å². The Morgan fingerprint density at radius 2 is 2.00 bits per heavy atom. The molecule has 2 aliphatic rings. The van der Waals surface area contributed by atoms with Crippen molar-refractivity contribution in [1.29, 1.82) is 0 Å². The summed E-state index contributed by atoms with van der Waals surface area (Å²) in [5.74, 6) is -2.05. The Morgan fingerprint density at radius 1 is 1.18 bits per heavy atom. The SMILES string of the molecule is O=C([C@@H]1CCCO1)N1CCc2ccc(NS(=O)(=O)c3cc(F)ccc3F)cc21. The van der Waals surface area contributed by atoms with Crippen molar-refractivity contribution in [1.82, 2.24) is 0 Å². The smallest absolute Gasteiger partial charge is 0.264 e. The molecule has 2 heterocycles. The number of carbonyl (C=O) groups excluding carboxylic acids is 1. The Bertz CT molecular complexity index is 1040. The second-order valence-electron chi connectivity index (χ2n) is 6.77. The van der Waals surface area contributed by atoms with Gasteiger partial charge in [-0.15, -0.1) is 0 Å². The first-order valence-corrected chi connectivity index (χ1v) is 10.4. The van der Waals surface area contributed by atoms with Crippen LogP contribution in [0.5, 0.6) is 0 Å². The van der Waals surface area contributed by atoms with E-state index in [1.165, 1.54) is 12.1 Å². The van der Waals surface area contributed by atoms with Crippen molar-refractivity contribution in [3.05, 3.63) is 53.6 Å². The number of hydrogen-bond acceptors (Lipinski definition) is 4. The van der Waals surface area contributed by atoms with Gasteiger partial charge in [0.15, 0.2) is 0 Å². The molecule has 1 N–H and O–H groups in total. The number of benzene rings is 2. The Hall–Kier alpha value is -2.52. The van der Waals surface area contributed by atoms with Crippen molar-refractivity contribution in [3.63, 3.8) is 0 Å². The average Bonchev–Trinajstić information content (AvgIpc) is 3.32. The molecule has 4 rings (SSSR count). The summed E-state index contributed by atoms with van der Waals surface area (Å²) in [7, 11) is -4.33. The van der Waals surface area contributed by atoms with Crippen molar-refractivity contribution in [2.24, 2.45) is 0 Å². The lowest BCUT2D eigenvalue weighted by molar-refractivity contribution is -0.127. The van der Waals surface area contributed by atoms with Gasteiger partial charge < -0.3 is 9.64 Å². The van der Waals surface area contributed by atoms with Gasteiger partial charge in [-0.05, 0) is 55.2 Å². The number of anilines is 2. The maximum Gasteiger partial charge on any atom is 0.264 e. The molecule has 0 aromatic heterocycles. The maximum atomic E-state index is 13.9. The molecule has 0 saturated carbocycles. The minimum Gasteiger partial charge on any atom is -0.368 e. The summed E-state index contributed by atoms with van der Waals surface area (Å²) in [5.41, 5.74) is 1.67. The van der Waals surface area contributed by atoms with Crippen LogP contribution in [0.1, 0.15) is 18.4 Å². The first kappa shape index (κ1) is 18.8. The van der Waals surface area contributed by atoms with E-state index >= 15 is 0 Å². The van der Waals surface area contributed by atoms with E-state index in [1.807, 2.05) is 0 Å². The van der Waals surface area contributed by atoms with Crippen LogP contribution in [0.4, 0.5) is 20.2 Å². The van der Waals surface area contributed by atoms with E-state index in [0.717, 1.165) is 24.1 Å². The molecular weight excluding hydrogens is 390 g/mol. The molecule has 6 nitrogen and oxygen atoms in total. The summed E-state index contributed by atoms with van der Waals surface area (Å²) in [5, 5.41) is 0. The highest BCUT2D eigenvalue weighted by molar-refractivity contribution is 7.92. The molecule has 0 aliphatic carbocycles. The predicted octanol–water partition coefficient (Wildman–Crippen LogP) is 2.83. The molecule has 148 valence electrons. The second kappa shape index (κ2) is 7.14. The molecule has 1 atom stereocenters. The van der Waals surface area contributed by atoms with Gasteiger partial charge in [0.1, 0.15) is 22.6 Å². The van der Waals surface area contributed by atoms with Crippen LogP contribution in [0, 0.1) is 11.6 Å². The number of nitrogens with one attached hydrogen (secondary N) is 1. The summed E-state index contributed by atoms with van der Waals surface area (Å²) < 4.78 is 59.9. The fraction of sp³-hybridized carbons (Fsp3) is 0.316. The van der Waals surface area contributed by atoms with Crippen molar-refractivity contribution < 1.29 is 26.7 Å². The van der Waals surface area contributed by atoms with Gasteiger partial charge >= 0.3 is 0 Å². The summed E-state index contributed by atoms with van der Waals surface area (Å²) in [6, 6.07) is 7.01. The summed E-state index contributed by atoms with van der Waals surface area (Å²) in [4.78, 5) is 13.5. The van der Waals surface area contributed by atoms with Crippen molar-refractivity contribution >= 4 is 27.3 Å². The Labute approximate surface area is 161 Å². The molecule has 2 aliphatic heterocycles. The van der Waals surface area contributed by atoms with E-state index in [4.69, 9.17) is 4.74 Å². The van der Waals surface area contributed by atoms with Crippen molar-refractivity contribution in [2.75, 3.05) is 22.8 Å². The highest BCUT2D eigenvalue weighted by Crippen LogP contribution is 2.33. The van der Waals surface area contributed by atoms with E-state index in [1.54, 1.807) is 11.0 Å². The number of carbonyl (C=O) groups is 1. The zero-order valence-electron chi connectivity index (χ0n) is 14.8. The minimum atomic E-state index is -4.33. The molecule has 0 spiro atoms. The van der Waals surface area contributed by atoms with E-state index in [2.05, 4.69) is 4.72 Å². The molecule has 2 aromatic rings.